The van der Waals surface area contributed by atoms with E-state index in [1.807, 2.05) is 20.8 Å². The third-order valence-electron chi connectivity index (χ3n) is 4.07. The molecule has 0 unspecified atom stereocenters. The highest BCUT2D eigenvalue weighted by Crippen LogP contribution is 2.32. The summed E-state index contributed by atoms with van der Waals surface area (Å²) in [7, 11) is -2.75. The van der Waals surface area contributed by atoms with E-state index in [-0.39, 0.29) is 29.6 Å². The molecule has 2 aromatic rings. The quantitative estimate of drug-likeness (QED) is 0.235. The van der Waals surface area contributed by atoms with Gasteiger partial charge < -0.3 is 0 Å². The molecular formula is C25H34F6N2O3S2. The van der Waals surface area contributed by atoms with Gasteiger partial charge in [0.2, 0.25) is 0 Å². The number of carbonyl (C=O) groups excluding carboxylic acids is 1. The maximum Gasteiger partial charge on any atom is 0.417 e. The van der Waals surface area contributed by atoms with E-state index >= 15 is 0 Å². The van der Waals surface area contributed by atoms with Gasteiger partial charge in [0, 0.05) is 17.3 Å². The number of alkyl halides is 6. The zero-order chi connectivity index (χ0) is 29.2. The second kappa shape index (κ2) is 15.3. The molecule has 216 valence electrons. The number of nitrogens with two attached hydrogens (primary N) is 1. The number of hydrogen-bond acceptors (Lipinski definition) is 3. The second-order valence-electron chi connectivity index (χ2n) is 9.29. The Kier molecular flexibility index (Phi) is 15.2. The molecule has 0 saturated carbocycles. The molecule has 0 aliphatic heterocycles. The van der Waals surface area contributed by atoms with Crippen molar-refractivity contribution in [1.29, 1.82) is 0 Å². The van der Waals surface area contributed by atoms with Crippen LogP contribution < -0.4 is 5.14 Å². The number of halogens is 6. The highest BCUT2D eigenvalue weighted by Gasteiger charge is 2.33. The Morgan fingerprint density at radius 1 is 0.711 bits per heavy atom. The maximum atomic E-state index is 12.7. The number of hydrogen-bond donors (Lipinski definition) is 1. The number of carbonyl (C=O) groups is 1. The van der Waals surface area contributed by atoms with E-state index in [1.165, 1.54) is 30.3 Å². The lowest BCUT2D eigenvalue weighted by atomic mass is 10.1. The summed E-state index contributed by atoms with van der Waals surface area (Å²) in [4.78, 5) is 10.2. The highest BCUT2D eigenvalue weighted by molar-refractivity contribution is 7.85. The lowest BCUT2D eigenvalue weighted by Gasteiger charge is -2.13. The van der Waals surface area contributed by atoms with Gasteiger partial charge in [-0.05, 0) is 53.7 Å². The first-order chi connectivity index (χ1) is 16.6. The van der Waals surface area contributed by atoms with Crippen LogP contribution in [0.5, 0.6) is 0 Å². The van der Waals surface area contributed by atoms with Gasteiger partial charge in [0.15, 0.2) is 6.29 Å². The zero-order valence-corrected chi connectivity index (χ0v) is 22.7. The van der Waals surface area contributed by atoms with Crippen LogP contribution in [0.1, 0.15) is 76.0 Å². The minimum atomic E-state index is -4.45. The topological polar surface area (TPSA) is 89.6 Å². The molecule has 2 N–H and O–H groups in total. The van der Waals surface area contributed by atoms with Crippen LogP contribution in [0.25, 0.3) is 0 Å². The minimum Gasteiger partial charge on any atom is -0.298 e. The molecule has 2 aromatic carbocycles. The van der Waals surface area contributed by atoms with Gasteiger partial charge in [-0.3, -0.25) is 9.93 Å². The summed E-state index contributed by atoms with van der Waals surface area (Å²) in [6.45, 7) is 10.6. The molecule has 0 radical (unpaired) electrons. The van der Waals surface area contributed by atoms with Crippen LogP contribution in [0, 0.1) is 0 Å². The van der Waals surface area contributed by atoms with E-state index in [9.17, 15) is 39.6 Å². The van der Waals surface area contributed by atoms with E-state index in [4.69, 9.17) is 5.14 Å². The van der Waals surface area contributed by atoms with E-state index in [0.29, 0.717) is 0 Å². The van der Waals surface area contributed by atoms with Crippen molar-refractivity contribution >= 4 is 34.5 Å². The Morgan fingerprint density at radius 3 is 1.34 bits per heavy atom. The Balaban J connectivity index is 0. The predicted molar refractivity (Wildman–Crippen MR) is 143 cm³/mol. The van der Waals surface area contributed by atoms with Gasteiger partial charge in [-0.1, -0.05) is 43.8 Å². The highest BCUT2D eigenvalue weighted by atomic mass is 32.2. The molecule has 5 nitrogen and oxygen atoms in total. The first kappa shape index (κ1) is 37.8. The summed E-state index contributed by atoms with van der Waals surface area (Å²) in [5, 5.41) is 5.04. The average molecular weight is 589 g/mol. The summed E-state index contributed by atoms with van der Waals surface area (Å²) >= 11 is 0. The van der Waals surface area contributed by atoms with Gasteiger partial charge in [0.05, 0.1) is 31.6 Å². The maximum absolute atomic E-state index is 12.7. The van der Waals surface area contributed by atoms with Crippen molar-refractivity contribution in [3.05, 3.63) is 70.8 Å². The smallest absolute Gasteiger partial charge is 0.298 e. The first-order valence-corrected chi connectivity index (χ1v) is 12.8. The van der Waals surface area contributed by atoms with Gasteiger partial charge in [-0.25, -0.2) is 8.42 Å². The molecular weight excluding hydrogens is 554 g/mol. The van der Waals surface area contributed by atoms with Crippen LogP contribution in [0.4, 0.5) is 26.3 Å². The molecule has 0 fully saturated rings. The molecule has 38 heavy (non-hydrogen) atoms. The first-order valence-electron chi connectivity index (χ1n) is 10.5. The van der Waals surface area contributed by atoms with Crippen molar-refractivity contribution in [3.63, 3.8) is 0 Å². The average Bonchev–Trinajstić information content (AvgIpc) is 2.76. The largest absolute Gasteiger partial charge is 0.417 e. The summed E-state index contributed by atoms with van der Waals surface area (Å²) in [6.07, 6.45) is -7.67. The summed E-state index contributed by atoms with van der Waals surface area (Å²) < 4.78 is 99.1. The molecule has 0 aliphatic carbocycles. The second-order valence-corrected chi connectivity index (χ2v) is 13.0. The fraction of sp³-hybridized carbons (Fsp3) is 0.440. The van der Waals surface area contributed by atoms with E-state index in [0.717, 1.165) is 24.4 Å². The van der Waals surface area contributed by atoms with Crippen LogP contribution in [0.2, 0.25) is 0 Å². The number of aldehydes is 1. The van der Waals surface area contributed by atoms with Gasteiger partial charge in [-0.2, -0.15) is 30.7 Å². The molecule has 2 atom stereocenters. The van der Waals surface area contributed by atoms with Crippen molar-refractivity contribution in [1.82, 2.24) is 0 Å². The Bertz CT molecular complexity index is 1100. The number of rotatable bonds is 3. The van der Waals surface area contributed by atoms with Gasteiger partial charge >= 0.3 is 12.4 Å². The predicted octanol–water partition coefficient (Wildman–Crippen LogP) is 7.15. The molecule has 0 bridgehead atoms. The third-order valence-corrected chi connectivity index (χ3v) is 6.63. The van der Waals surface area contributed by atoms with Crippen LogP contribution in [0.15, 0.2) is 52.9 Å². The van der Waals surface area contributed by atoms with Crippen molar-refractivity contribution < 1.29 is 39.6 Å². The van der Waals surface area contributed by atoms with Crippen LogP contribution in [0.3, 0.4) is 0 Å². The standard InChI is InChI=1S/C12H14F3NOS.C8H5F3O.C4H11NOS.CH4/c1-11(2,3)18(17)16-8-9-6-4-5-7-10(9)12(13,14)15;9-8(10,11)7-4-2-1-3-6(7)5-12;1-4(2,3)7(5)6;/h4-8H,1-3H3;1-5H;5H2,1-3H3;1H4/t18-;;7-;/m1.1./s1. The number of nitrogens with zero attached hydrogens (tertiary/aromatic N) is 1. The SMILES string of the molecule is C.CC(C)(C)[S@@](=O)N=Cc1ccccc1C(F)(F)F.CC(C)(C)[S@](N)=O.O=Cc1ccccc1C(F)(F)F. The molecule has 0 amide bonds. The van der Waals surface area contributed by atoms with Crippen molar-refractivity contribution in [2.45, 2.75) is 70.8 Å². The Labute approximate surface area is 225 Å². The lowest BCUT2D eigenvalue weighted by molar-refractivity contribution is -0.138. The lowest BCUT2D eigenvalue weighted by Crippen LogP contribution is -2.27. The summed E-state index contributed by atoms with van der Waals surface area (Å²) in [5.74, 6) is 0. The molecule has 0 heterocycles. The van der Waals surface area contributed by atoms with Crippen molar-refractivity contribution in [3.8, 4) is 0 Å². The van der Waals surface area contributed by atoms with Crippen LogP contribution in [-0.4, -0.2) is 30.4 Å². The molecule has 13 heteroatoms. The van der Waals surface area contributed by atoms with Crippen LogP contribution >= 0.6 is 0 Å². The minimum absolute atomic E-state index is 0. The fourth-order valence-corrected chi connectivity index (χ4v) is 2.51. The molecule has 2 rings (SSSR count). The molecule has 0 aliphatic rings. The van der Waals surface area contributed by atoms with Crippen molar-refractivity contribution in [2.24, 2.45) is 9.54 Å². The van der Waals surface area contributed by atoms with E-state index in [2.05, 4.69) is 4.40 Å². The normalized spacial score (nSPS) is 13.7. The Hall–Kier alpha value is -2.38. The molecule has 0 aromatic heterocycles. The van der Waals surface area contributed by atoms with Crippen LogP contribution in [-0.2, 0) is 34.3 Å². The molecule has 0 saturated heterocycles. The Morgan fingerprint density at radius 2 is 1.05 bits per heavy atom. The third kappa shape index (κ3) is 14.0. The summed E-state index contributed by atoms with van der Waals surface area (Å²) in [5.41, 5.74) is -2.08. The van der Waals surface area contributed by atoms with Gasteiger partial charge in [0.25, 0.3) is 0 Å². The van der Waals surface area contributed by atoms with Crippen molar-refractivity contribution in [2.75, 3.05) is 0 Å². The number of benzene rings is 2. The van der Waals surface area contributed by atoms with E-state index in [1.54, 1.807) is 20.8 Å². The monoisotopic (exact) mass is 588 g/mol. The van der Waals surface area contributed by atoms with Gasteiger partial charge in [-0.15, -0.1) is 0 Å². The molecule has 0 spiro atoms. The van der Waals surface area contributed by atoms with E-state index < -0.39 is 50.2 Å². The van der Waals surface area contributed by atoms with Gasteiger partial charge in [0.1, 0.15) is 11.0 Å². The summed E-state index contributed by atoms with van der Waals surface area (Å²) in [6, 6.07) is 9.71. The fourth-order valence-electron chi connectivity index (χ4n) is 1.99. The zero-order valence-electron chi connectivity index (χ0n) is 21.1.